The molecule has 0 saturated carbocycles. The second kappa shape index (κ2) is 8.99. The van der Waals surface area contributed by atoms with Crippen molar-refractivity contribution in [3.63, 3.8) is 0 Å². The predicted octanol–water partition coefficient (Wildman–Crippen LogP) is 3.83. The normalized spacial score (nSPS) is 15.1. The average molecular weight is 410 g/mol. The number of likely N-dealkylation sites (N-methyl/N-ethyl adjacent to an activating group) is 1. The number of methoxy groups -OCH3 is 1. The van der Waals surface area contributed by atoms with Gasteiger partial charge in [0, 0.05) is 28.8 Å². The van der Waals surface area contributed by atoms with Crippen molar-refractivity contribution in [2.75, 3.05) is 34.0 Å². The molecule has 2 radical (unpaired) electrons. The van der Waals surface area contributed by atoms with Gasteiger partial charge < -0.3 is 9.64 Å². The summed E-state index contributed by atoms with van der Waals surface area (Å²) in [5.74, 6) is 0.585. The lowest BCUT2D eigenvalue weighted by atomic mass is 9.89. The van der Waals surface area contributed by atoms with Gasteiger partial charge in [0.25, 0.3) is 0 Å². The Morgan fingerprint density at radius 3 is 2.57 bits per heavy atom. The fraction of sp³-hybridized carbons (Fsp3) is 0.238. The van der Waals surface area contributed by atoms with E-state index < -0.39 is 0 Å². The van der Waals surface area contributed by atoms with Gasteiger partial charge in [-0.25, -0.2) is 9.98 Å². The van der Waals surface area contributed by atoms with E-state index in [-0.39, 0.29) is 0 Å². The number of thioether (sulfide) groups is 1. The summed E-state index contributed by atoms with van der Waals surface area (Å²) < 4.78 is 5.40. The van der Waals surface area contributed by atoms with Crippen LogP contribution >= 0.6 is 23.4 Å². The van der Waals surface area contributed by atoms with E-state index in [0.717, 1.165) is 39.8 Å². The van der Waals surface area contributed by atoms with Gasteiger partial charge in [0.15, 0.2) is 0 Å². The van der Waals surface area contributed by atoms with E-state index >= 15 is 0 Å². The van der Waals surface area contributed by atoms with Crippen LogP contribution in [0, 0.1) is 0 Å². The number of hydrogen-bond acceptors (Lipinski definition) is 5. The summed E-state index contributed by atoms with van der Waals surface area (Å²) in [6.07, 6.45) is 4.06. The molecule has 0 bridgehead atoms. The molecule has 1 heterocycles. The van der Waals surface area contributed by atoms with Gasteiger partial charge in [0.05, 0.1) is 24.2 Å². The summed E-state index contributed by atoms with van der Waals surface area (Å²) in [5.41, 5.74) is 4.50. The molecule has 3 rings (SSSR count). The number of ether oxygens (including phenoxy) is 1. The third-order valence-corrected chi connectivity index (χ3v) is 5.27. The van der Waals surface area contributed by atoms with Gasteiger partial charge in [-0.05, 0) is 32.5 Å². The van der Waals surface area contributed by atoms with Crippen molar-refractivity contribution >= 4 is 53.1 Å². The number of fused-ring (bicyclic) bond motifs is 1. The second-order valence-electron chi connectivity index (χ2n) is 6.52. The van der Waals surface area contributed by atoms with Gasteiger partial charge in [0.1, 0.15) is 18.6 Å². The van der Waals surface area contributed by atoms with Crippen LogP contribution in [0.15, 0.2) is 58.2 Å². The van der Waals surface area contributed by atoms with Crippen LogP contribution in [0.4, 0.5) is 5.69 Å². The number of nitrogens with zero attached hydrogens (tertiary/aromatic N) is 3. The predicted molar refractivity (Wildman–Crippen MR) is 123 cm³/mol. The lowest BCUT2D eigenvalue weighted by Crippen LogP contribution is -2.13. The monoisotopic (exact) mass is 409 g/mol. The fourth-order valence-electron chi connectivity index (χ4n) is 2.85. The summed E-state index contributed by atoms with van der Waals surface area (Å²) in [6.45, 7) is 0.746. The summed E-state index contributed by atoms with van der Waals surface area (Å²) in [6, 6.07) is 11.4. The molecule has 7 heteroatoms. The Balaban J connectivity index is 2.31. The molecule has 0 aliphatic carbocycles. The van der Waals surface area contributed by atoms with Gasteiger partial charge >= 0.3 is 0 Å². The maximum absolute atomic E-state index is 6.51. The van der Waals surface area contributed by atoms with Crippen LogP contribution in [0.2, 0.25) is 5.02 Å². The maximum atomic E-state index is 6.51. The zero-order valence-electron chi connectivity index (χ0n) is 16.4. The fourth-order valence-corrected chi connectivity index (χ4v) is 3.60. The van der Waals surface area contributed by atoms with Gasteiger partial charge in [0.2, 0.25) is 0 Å². The Hall–Kier alpha value is -2.02. The number of benzene rings is 2. The molecule has 0 aromatic heterocycles. The molecule has 1 aliphatic rings. The van der Waals surface area contributed by atoms with Crippen molar-refractivity contribution in [1.82, 2.24) is 4.90 Å². The zero-order valence-corrected chi connectivity index (χ0v) is 17.9. The number of halogens is 1. The highest BCUT2D eigenvalue weighted by molar-refractivity contribution is 8.13. The standard InChI is InChI=1S/C21H21BClN3OS/c1-26(2)10-9-17-21(28-4)25-18-12-19(27-3)15(22)11-14(18)20(24-17)13-7-5-6-8-16(13)23/h5-9,11-12H,10H2,1-4H3/b17-9-. The largest absolute Gasteiger partial charge is 0.497 e. The Morgan fingerprint density at radius 1 is 1.18 bits per heavy atom. The average Bonchev–Trinajstić information content (AvgIpc) is 2.82. The molecular formula is C21H21BClN3OS. The van der Waals surface area contributed by atoms with Crippen molar-refractivity contribution in [3.05, 3.63) is 64.3 Å². The third-order valence-electron chi connectivity index (χ3n) is 4.25. The maximum Gasteiger partial charge on any atom is 0.122 e. The summed E-state index contributed by atoms with van der Waals surface area (Å²) in [7, 11) is 11.8. The first-order valence-corrected chi connectivity index (χ1v) is 10.3. The van der Waals surface area contributed by atoms with E-state index in [1.54, 1.807) is 18.9 Å². The quantitative estimate of drug-likeness (QED) is 0.720. The van der Waals surface area contributed by atoms with E-state index in [2.05, 4.69) is 11.0 Å². The van der Waals surface area contributed by atoms with Crippen LogP contribution in [0.25, 0.3) is 0 Å². The van der Waals surface area contributed by atoms with Crippen LogP contribution in [-0.2, 0) is 0 Å². The van der Waals surface area contributed by atoms with E-state index in [0.29, 0.717) is 16.2 Å². The lowest BCUT2D eigenvalue weighted by Gasteiger charge is -2.13. The summed E-state index contributed by atoms with van der Waals surface area (Å²) >= 11 is 8.07. The van der Waals surface area contributed by atoms with Gasteiger partial charge in [-0.1, -0.05) is 41.3 Å². The van der Waals surface area contributed by atoms with Crippen molar-refractivity contribution in [2.45, 2.75) is 0 Å². The Kier molecular flexibility index (Phi) is 6.65. The molecule has 1 aliphatic heterocycles. The first-order chi connectivity index (χ1) is 13.4. The molecule has 142 valence electrons. The van der Waals surface area contributed by atoms with Gasteiger partial charge in [-0.15, -0.1) is 11.8 Å². The molecule has 0 atom stereocenters. The molecular weight excluding hydrogens is 389 g/mol. The van der Waals surface area contributed by atoms with Gasteiger partial charge in [-0.3, -0.25) is 0 Å². The van der Waals surface area contributed by atoms with Gasteiger partial charge in [-0.2, -0.15) is 0 Å². The first-order valence-electron chi connectivity index (χ1n) is 8.74. The van der Waals surface area contributed by atoms with E-state index in [4.69, 9.17) is 34.2 Å². The molecule has 0 spiro atoms. The smallest absolute Gasteiger partial charge is 0.122 e. The Morgan fingerprint density at radius 2 is 1.93 bits per heavy atom. The molecule has 2 aromatic rings. The highest BCUT2D eigenvalue weighted by Crippen LogP contribution is 2.33. The van der Waals surface area contributed by atoms with Crippen LogP contribution in [0.1, 0.15) is 11.1 Å². The molecule has 0 fully saturated rings. The highest BCUT2D eigenvalue weighted by atomic mass is 35.5. The molecule has 2 aromatic carbocycles. The minimum Gasteiger partial charge on any atom is -0.497 e. The van der Waals surface area contributed by atoms with E-state index in [9.17, 15) is 0 Å². The minimum absolute atomic E-state index is 0.530. The van der Waals surface area contributed by atoms with Crippen molar-refractivity contribution in [1.29, 1.82) is 0 Å². The Labute approximate surface area is 176 Å². The minimum atomic E-state index is 0.530. The molecule has 28 heavy (non-hydrogen) atoms. The van der Waals surface area contributed by atoms with Crippen LogP contribution < -0.4 is 10.2 Å². The van der Waals surface area contributed by atoms with Crippen molar-refractivity contribution in [3.8, 4) is 5.75 Å². The molecule has 4 nitrogen and oxygen atoms in total. The number of hydrogen-bond donors (Lipinski definition) is 0. The lowest BCUT2D eigenvalue weighted by molar-refractivity contribution is 0.418. The van der Waals surface area contributed by atoms with Crippen LogP contribution in [0.5, 0.6) is 5.75 Å². The SMILES string of the molecule is [B]c1cc2c(cc1OC)N=C(SC)/C(=C/CN(C)C)N=C2c1ccccc1Cl. The van der Waals surface area contributed by atoms with E-state index in [1.165, 1.54) is 0 Å². The zero-order chi connectivity index (χ0) is 20.3. The second-order valence-corrected chi connectivity index (χ2v) is 7.73. The third kappa shape index (κ3) is 4.35. The number of aliphatic imine (C=N–C) groups is 2. The highest BCUT2D eigenvalue weighted by Gasteiger charge is 2.22. The summed E-state index contributed by atoms with van der Waals surface area (Å²) in [4.78, 5) is 11.9. The Bertz CT molecular complexity index is 986. The topological polar surface area (TPSA) is 37.2 Å². The number of rotatable bonds is 4. The van der Waals surface area contributed by atoms with Crippen LogP contribution in [-0.4, -0.2) is 57.5 Å². The van der Waals surface area contributed by atoms with E-state index in [1.807, 2.05) is 56.7 Å². The van der Waals surface area contributed by atoms with Crippen molar-refractivity contribution in [2.24, 2.45) is 9.98 Å². The molecule has 0 amide bonds. The molecule has 0 unspecified atom stereocenters. The first kappa shape index (κ1) is 20.7. The van der Waals surface area contributed by atoms with Crippen molar-refractivity contribution < 1.29 is 4.74 Å². The summed E-state index contributed by atoms with van der Waals surface area (Å²) in [5, 5.41) is 1.46. The van der Waals surface area contributed by atoms with Crippen LogP contribution in [0.3, 0.4) is 0 Å². The molecule has 0 saturated heterocycles. The molecule has 0 N–H and O–H groups in total.